The molecular formula is C41H36N2. The Hall–Kier alpha value is -5.08. The molecule has 0 heterocycles. The summed E-state index contributed by atoms with van der Waals surface area (Å²) in [6.45, 7) is 6.46. The minimum Gasteiger partial charge on any atom is -0.233 e. The summed E-state index contributed by atoms with van der Waals surface area (Å²) in [5, 5.41) is 0. The van der Waals surface area contributed by atoms with Crippen LogP contribution in [0.1, 0.15) is 54.9 Å². The molecule has 0 radical (unpaired) electrons. The largest absolute Gasteiger partial charge is 0.233 e. The standard InChI is InChI=1S/C41H36N2/c1-30(35-21-12-23-37(27-35)32-15-6-3-7-16-32)42-41(40-26-14-25-39(29-40)34-19-10-5-11-20-34)43-31(2)36-22-13-24-38(28-36)33-17-8-4-9-18-33/h3-4,6-9,12-19,21-29H,1,5,10-11,20H2,2H3. The van der Waals surface area contributed by atoms with E-state index in [2.05, 4.69) is 141 Å². The molecule has 1 aliphatic carbocycles. The number of benzene rings is 5. The summed E-state index contributed by atoms with van der Waals surface area (Å²) in [5.74, 6) is 0.663. The molecule has 0 fully saturated rings. The van der Waals surface area contributed by atoms with Crippen LogP contribution in [0, 0.1) is 0 Å². The van der Waals surface area contributed by atoms with Crippen molar-refractivity contribution in [3.05, 3.63) is 168 Å². The second-order valence-corrected chi connectivity index (χ2v) is 11.0. The van der Waals surface area contributed by atoms with Gasteiger partial charge in [0, 0.05) is 16.8 Å². The van der Waals surface area contributed by atoms with Gasteiger partial charge < -0.3 is 0 Å². The van der Waals surface area contributed by atoms with E-state index in [1.54, 1.807) is 0 Å². The van der Waals surface area contributed by atoms with Gasteiger partial charge in [-0.2, -0.15) is 0 Å². The monoisotopic (exact) mass is 556 g/mol. The van der Waals surface area contributed by atoms with Gasteiger partial charge in [-0.25, -0.2) is 9.98 Å². The highest BCUT2D eigenvalue weighted by atomic mass is 14.9. The van der Waals surface area contributed by atoms with Crippen molar-refractivity contribution < 1.29 is 0 Å². The zero-order valence-electron chi connectivity index (χ0n) is 24.7. The van der Waals surface area contributed by atoms with Crippen molar-refractivity contribution in [3.8, 4) is 22.3 Å². The van der Waals surface area contributed by atoms with Crippen molar-refractivity contribution in [1.29, 1.82) is 0 Å². The summed E-state index contributed by atoms with van der Waals surface area (Å²) in [7, 11) is 0. The number of amidine groups is 1. The lowest BCUT2D eigenvalue weighted by atomic mass is 9.92. The molecule has 43 heavy (non-hydrogen) atoms. The van der Waals surface area contributed by atoms with Crippen molar-refractivity contribution in [3.63, 3.8) is 0 Å². The molecule has 0 atom stereocenters. The van der Waals surface area contributed by atoms with Crippen LogP contribution in [-0.4, -0.2) is 11.5 Å². The average Bonchev–Trinajstić information content (AvgIpc) is 3.09. The maximum Gasteiger partial charge on any atom is 0.160 e. The van der Waals surface area contributed by atoms with Crippen LogP contribution in [0.5, 0.6) is 0 Å². The number of allylic oxidation sites excluding steroid dienone is 2. The second kappa shape index (κ2) is 13.3. The zero-order valence-corrected chi connectivity index (χ0v) is 24.7. The number of hydrogen-bond acceptors (Lipinski definition) is 1. The van der Waals surface area contributed by atoms with E-state index < -0.39 is 0 Å². The van der Waals surface area contributed by atoms with Gasteiger partial charge in [0.05, 0.1) is 5.70 Å². The van der Waals surface area contributed by atoms with Gasteiger partial charge in [0.25, 0.3) is 0 Å². The minimum atomic E-state index is 0.663. The summed E-state index contributed by atoms with van der Waals surface area (Å²) in [5.41, 5.74) is 11.9. The fourth-order valence-electron chi connectivity index (χ4n) is 5.59. The van der Waals surface area contributed by atoms with E-state index in [1.165, 1.54) is 40.7 Å². The normalized spacial score (nSPS) is 13.8. The van der Waals surface area contributed by atoms with Crippen LogP contribution in [-0.2, 0) is 0 Å². The SMILES string of the molecule is C=C(N=C(N=C(C)c1cccc(-c2ccccc2)c1)c1cccc(C2=CCCCC2)c1)c1cccc(-c2ccccc2)c1. The van der Waals surface area contributed by atoms with Gasteiger partial charge >= 0.3 is 0 Å². The molecule has 6 rings (SSSR count). The number of hydrogen-bond donors (Lipinski definition) is 0. The summed E-state index contributed by atoms with van der Waals surface area (Å²) in [6.07, 6.45) is 7.15. The Labute approximate surface area is 255 Å². The quantitative estimate of drug-likeness (QED) is 0.141. The van der Waals surface area contributed by atoms with Crippen molar-refractivity contribution in [2.24, 2.45) is 9.98 Å². The molecule has 5 aromatic rings. The minimum absolute atomic E-state index is 0.663. The van der Waals surface area contributed by atoms with Gasteiger partial charge in [0.2, 0.25) is 0 Å². The molecule has 0 bridgehead atoms. The maximum atomic E-state index is 5.17. The van der Waals surface area contributed by atoms with E-state index in [4.69, 9.17) is 9.98 Å². The van der Waals surface area contributed by atoms with Crippen LogP contribution in [0.25, 0.3) is 33.5 Å². The van der Waals surface area contributed by atoms with Crippen LogP contribution < -0.4 is 0 Å². The summed E-state index contributed by atoms with van der Waals surface area (Å²) < 4.78 is 0. The molecule has 2 nitrogen and oxygen atoms in total. The van der Waals surface area contributed by atoms with E-state index in [0.717, 1.165) is 40.8 Å². The molecule has 2 heteroatoms. The smallest absolute Gasteiger partial charge is 0.160 e. The van der Waals surface area contributed by atoms with Crippen LogP contribution in [0.15, 0.2) is 156 Å². The van der Waals surface area contributed by atoms with Crippen molar-refractivity contribution in [1.82, 2.24) is 0 Å². The van der Waals surface area contributed by atoms with Crippen LogP contribution in [0.4, 0.5) is 0 Å². The molecule has 210 valence electrons. The number of nitrogens with zero attached hydrogens (tertiary/aromatic N) is 2. The fourth-order valence-corrected chi connectivity index (χ4v) is 5.59. The van der Waals surface area contributed by atoms with E-state index in [1.807, 2.05) is 12.1 Å². The summed E-state index contributed by atoms with van der Waals surface area (Å²) in [6, 6.07) is 46.5. The third kappa shape index (κ3) is 6.88. The van der Waals surface area contributed by atoms with E-state index in [-0.39, 0.29) is 0 Å². The van der Waals surface area contributed by atoms with Crippen molar-refractivity contribution in [2.75, 3.05) is 0 Å². The topological polar surface area (TPSA) is 24.7 Å². The predicted octanol–water partition coefficient (Wildman–Crippen LogP) is 10.9. The van der Waals surface area contributed by atoms with Gasteiger partial charge in [0.15, 0.2) is 5.84 Å². The Balaban J connectivity index is 1.40. The summed E-state index contributed by atoms with van der Waals surface area (Å²) in [4.78, 5) is 10.3. The third-order valence-electron chi connectivity index (χ3n) is 7.99. The molecule has 5 aromatic carbocycles. The lowest BCUT2D eigenvalue weighted by Crippen LogP contribution is -2.05. The fraction of sp³-hybridized carbons (Fsp3) is 0.122. The Bertz CT molecular complexity index is 1820. The first-order valence-corrected chi connectivity index (χ1v) is 15.1. The van der Waals surface area contributed by atoms with E-state index >= 15 is 0 Å². The average molecular weight is 557 g/mol. The molecule has 1 aliphatic rings. The first kappa shape index (κ1) is 28.1. The van der Waals surface area contributed by atoms with Gasteiger partial charge in [-0.05, 0) is 89.8 Å². The second-order valence-electron chi connectivity index (χ2n) is 11.0. The maximum absolute atomic E-state index is 5.17. The molecule has 0 amide bonds. The molecule has 0 saturated heterocycles. The highest BCUT2D eigenvalue weighted by molar-refractivity contribution is 6.13. The first-order chi connectivity index (χ1) is 21.1. The van der Waals surface area contributed by atoms with Crippen LogP contribution >= 0.6 is 0 Å². The molecule has 0 spiro atoms. The molecule has 0 unspecified atom stereocenters. The third-order valence-corrected chi connectivity index (χ3v) is 7.99. The van der Waals surface area contributed by atoms with Gasteiger partial charge in [-0.3, -0.25) is 0 Å². The van der Waals surface area contributed by atoms with Crippen molar-refractivity contribution in [2.45, 2.75) is 32.6 Å². The van der Waals surface area contributed by atoms with Gasteiger partial charge in [0.1, 0.15) is 0 Å². The Morgan fingerprint density at radius 2 is 1.07 bits per heavy atom. The molecule has 0 aliphatic heterocycles. The predicted molar refractivity (Wildman–Crippen MR) is 184 cm³/mol. The number of rotatable bonds is 7. The van der Waals surface area contributed by atoms with Gasteiger partial charge in [-0.1, -0.05) is 128 Å². The lowest BCUT2D eigenvalue weighted by Gasteiger charge is -2.14. The van der Waals surface area contributed by atoms with E-state index in [9.17, 15) is 0 Å². The highest BCUT2D eigenvalue weighted by Gasteiger charge is 2.12. The highest BCUT2D eigenvalue weighted by Crippen LogP contribution is 2.29. The Morgan fingerprint density at radius 3 is 1.70 bits per heavy atom. The van der Waals surface area contributed by atoms with Gasteiger partial charge in [-0.15, -0.1) is 0 Å². The molecule has 0 aromatic heterocycles. The zero-order chi connectivity index (χ0) is 29.4. The van der Waals surface area contributed by atoms with Crippen LogP contribution in [0.3, 0.4) is 0 Å². The van der Waals surface area contributed by atoms with Crippen molar-refractivity contribution >= 4 is 22.8 Å². The Kier molecular flexibility index (Phi) is 8.66. The lowest BCUT2D eigenvalue weighted by molar-refractivity contribution is 0.742. The Morgan fingerprint density at radius 1 is 0.535 bits per heavy atom. The molecule has 0 saturated carbocycles. The molecular weight excluding hydrogens is 520 g/mol. The van der Waals surface area contributed by atoms with E-state index in [0.29, 0.717) is 11.5 Å². The molecule has 0 N–H and O–H groups in total. The first-order valence-electron chi connectivity index (χ1n) is 15.1. The number of aliphatic imine (C=N–C) groups is 2. The van der Waals surface area contributed by atoms with Crippen LogP contribution in [0.2, 0.25) is 0 Å². The summed E-state index contributed by atoms with van der Waals surface area (Å²) >= 11 is 0.